The van der Waals surface area contributed by atoms with Gasteiger partial charge in [-0.1, -0.05) is 6.07 Å². The average Bonchev–Trinajstić information content (AvgIpc) is 2.93. The predicted octanol–water partition coefficient (Wildman–Crippen LogP) is -0.0531. The highest BCUT2D eigenvalue weighted by molar-refractivity contribution is 7.89. The topological polar surface area (TPSA) is 131 Å². The quantitative estimate of drug-likeness (QED) is 0.738. The molecule has 1 atom stereocenters. The fourth-order valence-electron chi connectivity index (χ4n) is 2.13. The van der Waals surface area contributed by atoms with Crippen molar-refractivity contribution in [2.75, 3.05) is 0 Å². The summed E-state index contributed by atoms with van der Waals surface area (Å²) in [6.07, 6.45) is 3.29. The Hall–Kier alpha value is -2.77. The van der Waals surface area contributed by atoms with E-state index in [0.717, 1.165) is 6.07 Å². The number of nitrogens with two attached hydrogens (primary N) is 1. The lowest BCUT2D eigenvalue weighted by Gasteiger charge is -2.12. The average molecular weight is 365 g/mol. The number of rotatable bonds is 6. The van der Waals surface area contributed by atoms with Gasteiger partial charge in [-0.05, 0) is 24.1 Å². The molecule has 2 aromatic rings. The second-order valence-electron chi connectivity index (χ2n) is 5.48. The number of aryl methyl sites for hydroxylation is 1. The number of carbonyl (C=O) groups excluding carboxylic acids is 1. The molecule has 0 aliphatic carbocycles. The van der Waals surface area contributed by atoms with Gasteiger partial charge in [-0.3, -0.25) is 14.2 Å². The van der Waals surface area contributed by atoms with E-state index in [9.17, 15) is 17.6 Å². The number of carbonyl (C=O) groups is 1. The van der Waals surface area contributed by atoms with Gasteiger partial charge < -0.3 is 5.73 Å². The zero-order chi connectivity index (χ0) is 18.6. The van der Waals surface area contributed by atoms with Crippen LogP contribution in [0.25, 0.3) is 0 Å². The summed E-state index contributed by atoms with van der Waals surface area (Å²) in [7, 11) is -2.43. The van der Waals surface area contributed by atoms with Gasteiger partial charge in [0.2, 0.25) is 10.0 Å². The van der Waals surface area contributed by atoms with Crippen molar-refractivity contribution in [3.05, 3.63) is 53.1 Å². The molecule has 2 rings (SSSR count). The first-order valence-corrected chi connectivity index (χ1v) is 8.81. The van der Waals surface area contributed by atoms with Crippen LogP contribution >= 0.6 is 0 Å². The van der Waals surface area contributed by atoms with Crippen molar-refractivity contribution in [1.82, 2.24) is 14.5 Å². The summed E-state index contributed by atoms with van der Waals surface area (Å²) in [5, 5.41) is 12.6. The number of aromatic nitrogens is 2. The van der Waals surface area contributed by atoms with E-state index in [-0.39, 0.29) is 17.5 Å². The molecule has 1 heterocycles. The normalized spacial score (nSPS) is 12.4. The van der Waals surface area contributed by atoms with Gasteiger partial charge >= 0.3 is 0 Å². The summed E-state index contributed by atoms with van der Waals surface area (Å²) in [6, 6.07) is 4.07. The number of nitrogens with one attached hydrogen (secondary N) is 1. The Balaban J connectivity index is 2.02. The molecule has 8 nitrogen and oxygen atoms in total. The standard InChI is InChI=1S/C15H16FN5O3S/c1-21-8-11(7-19-21)5-14(18)15(22)20-25(23,24)9-12-3-2-10(6-17)4-13(12)16/h2-4,7-8,14H,5,9,18H2,1H3,(H,20,22). The highest BCUT2D eigenvalue weighted by Crippen LogP contribution is 2.13. The van der Waals surface area contributed by atoms with E-state index in [0.29, 0.717) is 5.56 Å². The van der Waals surface area contributed by atoms with Gasteiger partial charge in [-0.2, -0.15) is 10.4 Å². The molecule has 0 bridgehead atoms. The maximum absolute atomic E-state index is 13.8. The fraction of sp³-hybridized carbons (Fsp3) is 0.267. The molecular weight excluding hydrogens is 349 g/mol. The number of nitrogens with zero attached hydrogens (tertiary/aromatic N) is 3. The first-order chi connectivity index (χ1) is 11.7. The molecule has 1 aromatic heterocycles. The lowest BCUT2D eigenvalue weighted by molar-refractivity contribution is -0.120. The van der Waals surface area contributed by atoms with E-state index < -0.39 is 33.5 Å². The number of hydrogen-bond donors (Lipinski definition) is 2. The second-order valence-corrected chi connectivity index (χ2v) is 7.20. The van der Waals surface area contributed by atoms with Crippen LogP contribution in [0.15, 0.2) is 30.6 Å². The Bertz CT molecular complexity index is 933. The smallest absolute Gasteiger partial charge is 0.250 e. The molecular formula is C15H16FN5O3S. The van der Waals surface area contributed by atoms with Crippen molar-refractivity contribution in [2.24, 2.45) is 12.8 Å². The molecule has 0 radical (unpaired) electrons. The molecule has 1 amide bonds. The van der Waals surface area contributed by atoms with Crippen molar-refractivity contribution < 1.29 is 17.6 Å². The summed E-state index contributed by atoms with van der Waals surface area (Å²) in [5.41, 5.74) is 6.30. The van der Waals surface area contributed by atoms with Crippen molar-refractivity contribution >= 4 is 15.9 Å². The molecule has 0 aliphatic rings. The molecule has 0 saturated heterocycles. The van der Waals surface area contributed by atoms with Gasteiger partial charge in [0.05, 0.1) is 29.6 Å². The van der Waals surface area contributed by atoms with Crippen molar-refractivity contribution in [3.8, 4) is 6.07 Å². The third-order valence-electron chi connectivity index (χ3n) is 3.33. The van der Waals surface area contributed by atoms with Crippen molar-refractivity contribution in [2.45, 2.75) is 18.2 Å². The SMILES string of the molecule is Cn1cc(CC(N)C(=O)NS(=O)(=O)Cc2ccc(C#N)cc2F)cn1. The first kappa shape index (κ1) is 18.6. The van der Waals surface area contributed by atoms with Crippen LogP contribution in [0.2, 0.25) is 0 Å². The van der Waals surface area contributed by atoms with Gasteiger partial charge in [0.25, 0.3) is 5.91 Å². The van der Waals surface area contributed by atoms with E-state index in [2.05, 4.69) is 5.10 Å². The van der Waals surface area contributed by atoms with Crippen LogP contribution in [0.1, 0.15) is 16.7 Å². The molecule has 1 aromatic carbocycles. The van der Waals surface area contributed by atoms with E-state index in [1.54, 1.807) is 19.3 Å². The minimum absolute atomic E-state index is 0.0705. The van der Waals surface area contributed by atoms with Crippen molar-refractivity contribution in [1.29, 1.82) is 5.26 Å². The van der Waals surface area contributed by atoms with E-state index >= 15 is 0 Å². The Morgan fingerprint density at radius 2 is 2.24 bits per heavy atom. The predicted molar refractivity (Wildman–Crippen MR) is 86.8 cm³/mol. The highest BCUT2D eigenvalue weighted by atomic mass is 32.2. The van der Waals surface area contributed by atoms with E-state index in [1.165, 1.54) is 23.0 Å². The molecule has 0 aliphatic heterocycles. The van der Waals surface area contributed by atoms with Gasteiger partial charge in [-0.15, -0.1) is 0 Å². The minimum Gasteiger partial charge on any atom is -0.320 e. The highest BCUT2D eigenvalue weighted by Gasteiger charge is 2.22. The van der Waals surface area contributed by atoms with E-state index in [1.807, 2.05) is 4.72 Å². The van der Waals surface area contributed by atoms with Crippen LogP contribution < -0.4 is 10.5 Å². The Morgan fingerprint density at radius 1 is 1.52 bits per heavy atom. The Labute approximate surface area is 144 Å². The zero-order valence-electron chi connectivity index (χ0n) is 13.3. The number of sulfonamides is 1. The van der Waals surface area contributed by atoms with Crippen LogP contribution in [-0.4, -0.2) is 30.1 Å². The third kappa shape index (κ3) is 5.10. The van der Waals surface area contributed by atoms with Gasteiger partial charge in [0.1, 0.15) is 5.82 Å². The molecule has 10 heteroatoms. The summed E-state index contributed by atoms with van der Waals surface area (Å²) in [4.78, 5) is 12.0. The summed E-state index contributed by atoms with van der Waals surface area (Å²) >= 11 is 0. The number of amides is 1. The largest absolute Gasteiger partial charge is 0.320 e. The zero-order valence-corrected chi connectivity index (χ0v) is 14.1. The molecule has 0 fully saturated rings. The van der Waals surface area contributed by atoms with Gasteiger partial charge in [0, 0.05) is 18.8 Å². The van der Waals surface area contributed by atoms with Crippen LogP contribution in [-0.2, 0) is 34.0 Å². The van der Waals surface area contributed by atoms with Crippen molar-refractivity contribution in [3.63, 3.8) is 0 Å². The second kappa shape index (κ2) is 7.42. The molecule has 132 valence electrons. The molecule has 1 unspecified atom stereocenters. The monoisotopic (exact) mass is 365 g/mol. The van der Waals surface area contributed by atoms with E-state index in [4.69, 9.17) is 11.0 Å². The Morgan fingerprint density at radius 3 is 2.80 bits per heavy atom. The lowest BCUT2D eigenvalue weighted by atomic mass is 10.1. The maximum Gasteiger partial charge on any atom is 0.250 e. The first-order valence-electron chi connectivity index (χ1n) is 7.16. The number of nitriles is 1. The number of halogens is 1. The maximum atomic E-state index is 13.8. The van der Waals surface area contributed by atoms with Crippen LogP contribution in [0.3, 0.4) is 0 Å². The third-order valence-corrected chi connectivity index (χ3v) is 4.54. The number of benzene rings is 1. The molecule has 0 spiro atoms. The molecule has 3 N–H and O–H groups in total. The molecule has 25 heavy (non-hydrogen) atoms. The van der Waals surface area contributed by atoms with Crippen LogP contribution in [0.5, 0.6) is 0 Å². The number of hydrogen-bond acceptors (Lipinski definition) is 6. The van der Waals surface area contributed by atoms with Crippen LogP contribution in [0, 0.1) is 17.1 Å². The Kier molecular flexibility index (Phi) is 5.51. The lowest BCUT2D eigenvalue weighted by Crippen LogP contribution is -2.44. The summed E-state index contributed by atoms with van der Waals surface area (Å²) < 4.78 is 41.2. The van der Waals surface area contributed by atoms with Crippen LogP contribution in [0.4, 0.5) is 4.39 Å². The van der Waals surface area contributed by atoms with Gasteiger partial charge in [0.15, 0.2) is 0 Å². The van der Waals surface area contributed by atoms with Gasteiger partial charge in [-0.25, -0.2) is 12.8 Å². The fourth-order valence-corrected chi connectivity index (χ4v) is 3.30. The molecule has 0 saturated carbocycles. The summed E-state index contributed by atoms with van der Waals surface area (Å²) in [6.45, 7) is 0. The minimum atomic E-state index is -4.13. The summed E-state index contributed by atoms with van der Waals surface area (Å²) in [5.74, 6) is -2.47.